The molecular formula is C27H22N2O5S. The van der Waals surface area contributed by atoms with Crippen LogP contribution in [0.25, 0.3) is 31.7 Å². The average molecular weight is 487 g/mol. The zero-order chi connectivity index (χ0) is 24.5. The van der Waals surface area contributed by atoms with Crippen LogP contribution in [0.4, 0.5) is 0 Å². The van der Waals surface area contributed by atoms with E-state index in [0.717, 1.165) is 10.3 Å². The molecule has 0 aliphatic heterocycles. The Labute approximate surface area is 204 Å². The molecule has 0 atom stereocenters. The van der Waals surface area contributed by atoms with Crippen LogP contribution in [0.5, 0.6) is 17.2 Å². The third-order valence-electron chi connectivity index (χ3n) is 5.81. The first kappa shape index (κ1) is 22.6. The molecule has 35 heavy (non-hydrogen) atoms. The van der Waals surface area contributed by atoms with Gasteiger partial charge >= 0.3 is 0 Å². The largest absolute Gasteiger partial charge is 0.493 e. The molecule has 2 aromatic heterocycles. The Hall–Kier alpha value is -4.17. The molecule has 0 aliphatic rings. The maximum Gasteiger partial charge on any atom is 0.266 e. The Morgan fingerprint density at radius 3 is 2.17 bits per heavy atom. The summed E-state index contributed by atoms with van der Waals surface area (Å²) in [5, 5.41) is 0.594. The second kappa shape index (κ2) is 9.23. The van der Waals surface area contributed by atoms with Crippen molar-refractivity contribution in [1.82, 2.24) is 9.55 Å². The van der Waals surface area contributed by atoms with E-state index in [1.54, 1.807) is 24.3 Å². The van der Waals surface area contributed by atoms with Gasteiger partial charge in [0, 0.05) is 15.6 Å². The summed E-state index contributed by atoms with van der Waals surface area (Å²) in [6.45, 7) is 0.242. The van der Waals surface area contributed by atoms with Crippen LogP contribution in [0.1, 0.15) is 5.56 Å². The van der Waals surface area contributed by atoms with Gasteiger partial charge < -0.3 is 14.2 Å². The van der Waals surface area contributed by atoms with Gasteiger partial charge in [-0.2, -0.15) is 0 Å². The number of nitrogens with zero attached hydrogens (tertiary/aromatic N) is 2. The van der Waals surface area contributed by atoms with Gasteiger partial charge in [-0.25, -0.2) is 4.98 Å². The summed E-state index contributed by atoms with van der Waals surface area (Å²) in [7, 11) is 4.59. The standard InChI is InChI=1S/C27H22N2O5S/c1-32-19-13-17(14-20(33-2)24(19)34-3)25-28-26-22(23(30)18-11-7-8-12-21(18)35-26)27(31)29(25)15-16-9-5-4-6-10-16/h4-14H,15H2,1-3H3. The SMILES string of the molecule is COc1cc(-c2nc3sc4ccccc4c(=O)c3c(=O)n2Cc2ccccc2)cc(OC)c1OC. The number of hydrogen-bond acceptors (Lipinski definition) is 7. The summed E-state index contributed by atoms with van der Waals surface area (Å²) in [4.78, 5) is 32.4. The van der Waals surface area contributed by atoms with Gasteiger partial charge in [-0.1, -0.05) is 42.5 Å². The molecule has 3 aromatic carbocycles. The minimum absolute atomic E-state index is 0.0841. The van der Waals surface area contributed by atoms with Crippen LogP contribution in [0.15, 0.2) is 76.3 Å². The molecule has 0 bridgehead atoms. The Balaban J connectivity index is 1.87. The summed E-state index contributed by atoms with van der Waals surface area (Å²) >= 11 is 1.32. The fourth-order valence-corrected chi connectivity index (χ4v) is 5.17. The van der Waals surface area contributed by atoms with E-state index in [1.165, 1.54) is 37.2 Å². The van der Waals surface area contributed by atoms with Crippen LogP contribution in [0, 0.1) is 0 Å². The highest BCUT2D eigenvalue weighted by Gasteiger charge is 2.21. The molecule has 0 saturated carbocycles. The molecule has 0 unspecified atom stereocenters. The van der Waals surface area contributed by atoms with Gasteiger partial charge in [0.1, 0.15) is 16.0 Å². The van der Waals surface area contributed by atoms with Crippen LogP contribution >= 0.6 is 11.3 Å². The average Bonchev–Trinajstić information content (AvgIpc) is 2.89. The normalized spacial score (nSPS) is 11.1. The molecule has 0 N–H and O–H groups in total. The highest BCUT2D eigenvalue weighted by Crippen LogP contribution is 2.41. The third kappa shape index (κ3) is 3.91. The lowest BCUT2D eigenvalue weighted by molar-refractivity contribution is 0.324. The lowest BCUT2D eigenvalue weighted by Crippen LogP contribution is -2.27. The van der Waals surface area contributed by atoms with E-state index in [-0.39, 0.29) is 17.4 Å². The maximum absolute atomic E-state index is 13.9. The van der Waals surface area contributed by atoms with Gasteiger partial charge in [0.15, 0.2) is 11.5 Å². The molecule has 0 fully saturated rings. The smallest absolute Gasteiger partial charge is 0.266 e. The van der Waals surface area contributed by atoms with E-state index >= 15 is 0 Å². The highest BCUT2D eigenvalue weighted by molar-refractivity contribution is 7.24. The van der Waals surface area contributed by atoms with Crippen molar-refractivity contribution >= 4 is 31.6 Å². The van der Waals surface area contributed by atoms with E-state index in [1.807, 2.05) is 42.5 Å². The molecule has 0 saturated heterocycles. The molecule has 0 radical (unpaired) electrons. The number of rotatable bonds is 6. The highest BCUT2D eigenvalue weighted by atomic mass is 32.1. The maximum atomic E-state index is 13.9. The number of benzene rings is 3. The number of methoxy groups -OCH3 is 3. The summed E-state index contributed by atoms with van der Waals surface area (Å²) in [6, 6.07) is 20.3. The number of fused-ring (bicyclic) bond motifs is 2. The first-order valence-electron chi connectivity index (χ1n) is 10.9. The third-order valence-corrected chi connectivity index (χ3v) is 6.87. The summed E-state index contributed by atoms with van der Waals surface area (Å²) in [5.41, 5.74) is 0.795. The Morgan fingerprint density at radius 1 is 0.857 bits per heavy atom. The van der Waals surface area contributed by atoms with E-state index in [0.29, 0.717) is 38.9 Å². The van der Waals surface area contributed by atoms with Crippen LogP contribution in [-0.2, 0) is 6.54 Å². The first-order valence-corrected chi connectivity index (χ1v) is 11.7. The fourth-order valence-electron chi connectivity index (χ4n) is 4.13. The second-order valence-electron chi connectivity index (χ2n) is 7.83. The Morgan fingerprint density at radius 2 is 1.51 bits per heavy atom. The molecule has 5 rings (SSSR count). The zero-order valence-corrected chi connectivity index (χ0v) is 20.2. The van der Waals surface area contributed by atoms with Gasteiger partial charge in [-0.05, 0) is 29.8 Å². The van der Waals surface area contributed by atoms with Crippen LogP contribution in [-0.4, -0.2) is 30.9 Å². The summed E-state index contributed by atoms with van der Waals surface area (Å²) in [5.74, 6) is 1.71. The molecule has 7 nitrogen and oxygen atoms in total. The minimum Gasteiger partial charge on any atom is -0.493 e. The van der Waals surface area contributed by atoms with Crippen molar-refractivity contribution in [2.75, 3.05) is 21.3 Å². The first-order chi connectivity index (χ1) is 17.0. The van der Waals surface area contributed by atoms with Crippen molar-refractivity contribution in [3.63, 3.8) is 0 Å². The van der Waals surface area contributed by atoms with Crippen molar-refractivity contribution in [3.8, 4) is 28.6 Å². The molecule has 176 valence electrons. The van der Waals surface area contributed by atoms with Crippen LogP contribution in [0.3, 0.4) is 0 Å². The molecule has 5 aromatic rings. The number of aromatic nitrogens is 2. The van der Waals surface area contributed by atoms with Gasteiger partial charge in [0.2, 0.25) is 11.2 Å². The minimum atomic E-state index is -0.394. The van der Waals surface area contributed by atoms with Crippen molar-refractivity contribution in [3.05, 3.63) is 92.9 Å². The lowest BCUT2D eigenvalue weighted by atomic mass is 10.1. The predicted octanol–water partition coefficient (Wildman–Crippen LogP) is 4.71. The van der Waals surface area contributed by atoms with E-state index in [9.17, 15) is 9.59 Å². The zero-order valence-electron chi connectivity index (χ0n) is 19.4. The van der Waals surface area contributed by atoms with E-state index in [2.05, 4.69) is 0 Å². The fraction of sp³-hybridized carbons (Fsp3) is 0.148. The van der Waals surface area contributed by atoms with Crippen molar-refractivity contribution in [2.24, 2.45) is 0 Å². The van der Waals surface area contributed by atoms with Crippen molar-refractivity contribution in [2.45, 2.75) is 6.54 Å². The van der Waals surface area contributed by atoms with E-state index in [4.69, 9.17) is 19.2 Å². The van der Waals surface area contributed by atoms with Gasteiger partial charge in [-0.3, -0.25) is 14.2 Å². The topological polar surface area (TPSA) is 79.7 Å². The molecule has 0 spiro atoms. The Kier molecular flexibility index (Phi) is 5.96. The second-order valence-corrected chi connectivity index (χ2v) is 8.86. The summed E-state index contributed by atoms with van der Waals surface area (Å²) in [6.07, 6.45) is 0. The van der Waals surface area contributed by atoms with Gasteiger partial charge in [-0.15, -0.1) is 11.3 Å². The molecule has 0 amide bonds. The van der Waals surface area contributed by atoms with Crippen LogP contribution in [0.2, 0.25) is 0 Å². The Bertz CT molecular complexity index is 1650. The predicted molar refractivity (Wildman–Crippen MR) is 138 cm³/mol. The van der Waals surface area contributed by atoms with Crippen molar-refractivity contribution in [1.29, 1.82) is 0 Å². The van der Waals surface area contributed by atoms with E-state index < -0.39 is 5.56 Å². The van der Waals surface area contributed by atoms with Gasteiger partial charge in [0.05, 0.1) is 27.9 Å². The van der Waals surface area contributed by atoms with Gasteiger partial charge in [0.25, 0.3) is 5.56 Å². The van der Waals surface area contributed by atoms with Crippen molar-refractivity contribution < 1.29 is 14.2 Å². The quantitative estimate of drug-likeness (QED) is 0.324. The number of ether oxygens (including phenoxy) is 3. The lowest BCUT2D eigenvalue weighted by Gasteiger charge is -2.17. The summed E-state index contributed by atoms with van der Waals surface area (Å²) < 4.78 is 18.8. The molecular weight excluding hydrogens is 464 g/mol. The molecule has 2 heterocycles. The van der Waals surface area contributed by atoms with Crippen LogP contribution < -0.4 is 25.2 Å². The molecule has 0 aliphatic carbocycles. The monoisotopic (exact) mass is 486 g/mol. The number of hydrogen-bond donors (Lipinski definition) is 0. The molecule has 8 heteroatoms.